The van der Waals surface area contributed by atoms with Gasteiger partial charge in [0.25, 0.3) is 5.56 Å². The highest BCUT2D eigenvalue weighted by molar-refractivity contribution is 5.89. The van der Waals surface area contributed by atoms with Gasteiger partial charge in [0.05, 0.1) is 11.9 Å². The molecule has 3 aromatic heterocycles. The van der Waals surface area contributed by atoms with E-state index in [0.29, 0.717) is 10.8 Å². The summed E-state index contributed by atoms with van der Waals surface area (Å²) >= 11 is 0. The SMILES string of the molecule is Cc1ccc(-c2cnn(CC3(C)CCCC3)c2)c(-c2ccc3ccn(C)c(=O)c3c2)n1. The van der Waals surface area contributed by atoms with Crippen LogP contribution in [0, 0.1) is 12.3 Å². The Morgan fingerprint density at radius 3 is 2.68 bits per heavy atom. The molecule has 0 unspecified atom stereocenters. The highest BCUT2D eigenvalue weighted by Crippen LogP contribution is 2.39. The molecule has 0 amide bonds. The molecule has 1 aliphatic carbocycles. The fraction of sp³-hybridized carbons (Fsp3) is 0.346. The average Bonchev–Trinajstić information content (AvgIpc) is 3.40. The van der Waals surface area contributed by atoms with E-state index in [2.05, 4.69) is 35.0 Å². The van der Waals surface area contributed by atoms with Gasteiger partial charge in [0.1, 0.15) is 0 Å². The molecule has 1 aliphatic rings. The summed E-state index contributed by atoms with van der Waals surface area (Å²) < 4.78 is 3.70. The van der Waals surface area contributed by atoms with Crippen LogP contribution in [-0.4, -0.2) is 19.3 Å². The van der Waals surface area contributed by atoms with Crippen LogP contribution in [0.25, 0.3) is 33.2 Å². The Labute approximate surface area is 182 Å². The number of aryl methyl sites for hydroxylation is 2. The fourth-order valence-corrected chi connectivity index (χ4v) is 4.86. The average molecular weight is 413 g/mol. The van der Waals surface area contributed by atoms with Crippen LogP contribution in [0.2, 0.25) is 0 Å². The molecule has 1 saturated carbocycles. The Morgan fingerprint density at radius 1 is 1.06 bits per heavy atom. The van der Waals surface area contributed by atoms with Gasteiger partial charge in [0, 0.05) is 53.8 Å². The van der Waals surface area contributed by atoms with Gasteiger partial charge >= 0.3 is 0 Å². The number of pyridine rings is 2. The van der Waals surface area contributed by atoms with E-state index < -0.39 is 0 Å². The summed E-state index contributed by atoms with van der Waals surface area (Å²) in [6.07, 6.45) is 11.1. The third-order valence-corrected chi connectivity index (χ3v) is 6.69. The van der Waals surface area contributed by atoms with Crippen molar-refractivity contribution in [1.29, 1.82) is 0 Å². The molecule has 0 radical (unpaired) electrons. The summed E-state index contributed by atoms with van der Waals surface area (Å²) in [6, 6.07) is 12.1. The Kier molecular flexibility index (Phi) is 4.77. The quantitative estimate of drug-likeness (QED) is 0.454. The van der Waals surface area contributed by atoms with Crippen LogP contribution in [0.1, 0.15) is 38.3 Å². The summed E-state index contributed by atoms with van der Waals surface area (Å²) in [5.41, 5.74) is 5.24. The lowest BCUT2D eigenvalue weighted by molar-refractivity contribution is 0.268. The second-order valence-corrected chi connectivity index (χ2v) is 9.33. The second-order valence-electron chi connectivity index (χ2n) is 9.33. The first-order valence-electron chi connectivity index (χ1n) is 11.0. The summed E-state index contributed by atoms with van der Waals surface area (Å²) in [6.45, 7) is 5.32. The molecule has 5 nitrogen and oxygen atoms in total. The first kappa shape index (κ1) is 19.7. The minimum absolute atomic E-state index is 0.00572. The van der Waals surface area contributed by atoms with Gasteiger partial charge in [0.2, 0.25) is 0 Å². The number of benzene rings is 1. The predicted octanol–water partition coefficient (Wildman–Crippen LogP) is 5.35. The maximum Gasteiger partial charge on any atom is 0.258 e. The summed E-state index contributed by atoms with van der Waals surface area (Å²) in [5, 5.41) is 6.32. The molecule has 158 valence electrons. The molecule has 1 fully saturated rings. The lowest BCUT2D eigenvalue weighted by atomic mass is 9.89. The van der Waals surface area contributed by atoms with Gasteiger partial charge < -0.3 is 4.57 Å². The van der Waals surface area contributed by atoms with Crippen molar-refractivity contribution in [2.45, 2.75) is 46.1 Å². The number of aromatic nitrogens is 4. The highest BCUT2D eigenvalue weighted by atomic mass is 16.1. The molecule has 3 heterocycles. The van der Waals surface area contributed by atoms with Crippen molar-refractivity contribution in [2.24, 2.45) is 12.5 Å². The molecule has 5 rings (SSSR count). The van der Waals surface area contributed by atoms with Crippen LogP contribution in [0.5, 0.6) is 0 Å². The Bertz CT molecular complexity index is 1320. The van der Waals surface area contributed by atoms with Crippen molar-refractivity contribution in [3.05, 3.63) is 71.0 Å². The number of rotatable bonds is 4. The van der Waals surface area contributed by atoms with Crippen LogP contribution in [0.3, 0.4) is 0 Å². The topological polar surface area (TPSA) is 52.7 Å². The number of hydrogen-bond acceptors (Lipinski definition) is 3. The number of fused-ring (bicyclic) bond motifs is 1. The standard InChI is InChI=1S/C26H28N4O/c1-18-6-9-22(21-15-27-30(16-21)17-26(2)11-4-5-12-26)24(28-18)20-8-7-19-10-13-29(3)25(31)23(19)14-20/h6-10,13-16H,4-5,11-12,17H2,1-3H3. The van der Waals surface area contributed by atoms with E-state index in [1.165, 1.54) is 25.7 Å². The molecule has 0 atom stereocenters. The fourth-order valence-electron chi connectivity index (χ4n) is 4.86. The summed E-state index contributed by atoms with van der Waals surface area (Å²) in [5.74, 6) is 0. The Morgan fingerprint density at radius 2 is 1.87 bits per heavy atom. The molecule has 4 aromatic rings. The van der Waals surface area contributed by atoms with Crippen molar-refractivity contribution < 1.29 is 0 Å². The van der Waals surface area contributed by atoms with Gasteiger partial charge in [-0.3, -0.25) is 14.5 Å². The van der Waals surface area contributed by atoms with Crippen molar-refractivity contribution in [3.63, 3.8) is 0 Å². The highest BCUT2D eigenvalue weighted by Gasteiger charge is 2.29. The molecule has 0 N–H and O–H groups in total. The monoisotopic (exact) mass is 412 g/mol. The van der Waals surface area contributed by atoms with Crippen molar-refractivity contribution >= 4 is 10.8 Å². The van der Waals surface area contributed by atoms with Crippen LogP contribution in [0.4, 0.5) is 0 Å². The van der Waals surface area contributed by atoms with E-state index in [1.54, 1.807) is 17.8 Å². The van der Waals surface area contributed by atoms with Crippen LogP contribution in [-0.2, 0) is 13.6 Å². The molecular formula is C26H28N4O. The molecular weight excluding hydrogens is 384 g/mol. The molecule has 0 spiro atoms. The van der Waals surface area contributed by atoms with Crippen LogP contribution in [0.15, 0.2) is 59.8 Å². The van der Waals surface area contributed by atoms with Crippen LogP contribution < -0.4 is 5.56 Å². The zero-order valence-electron chi connectivity index (χ0n) is 18.4. The molecule has 5 heteroatoms. The van der Waals surface area contributed by atoms with E-state index in [9.17, 15) is 4.79 Å². The first-order valence-corrected chi connectivity index (χ1v) is 11.0. The van der Waals surface area contributed by atoms with Gasteiger partial charge in [-0.2, -0.15) is 5.10 Å². The van der Waals surface area contributed by atoms with E-state index in [1.807, 2.05) is 37.4 Å². The third kappa shape index (κ3) is 3.69. The minimum Gasteiger partial charge on any atom is -0.318 e. The molecule has 1 aromatic carbocycles. The minimum atomic E-state index is 0.00572. The largest absolute Gasteiger partial charge is 0.318 e. The molecule has 31 heavy (non-hydrogen) atoms. The zero-order chi connectivity index (χ0) is 21.6. The van der Waals surface area contributed by atoms with E-state index in [4.69, 9.17) is 4.98 Å². The second kappa shape index (κ2) is 7.49. The van der Waals surface area contributed by atoms with Gasteiger partial charge in [0.15, 0.2) is 0 Å². The van der Waals surface area contributed by atoms with E-state index >= 15 is 0 Å². The third-order valence-electron chi connectivity index (χ3n) is 6.69. The van der Waals surface area contributed by atoms with E-state index in [0.717, 1.165) is 40.0 Å². The van der Waals surface area contributed by atoms with Gasteiger partial charge in [-0.1, -0.05) is 38.0 Å². The Hall–Kier alpha value is -3.21. The predicted molar refractivity (Wildman–Crippen MR) is 125 cm³/mol. The van der Waals surface area contributed by atoms with Crippen molar-refractivity contribution in [2.75, 3.05) is 0 Å². The lowest BCUT2D eigenvalue weighted by Gasteiger charge is -2.22. The Balaban J connectivity index is 1.58. The molecule has 0 saturated heterocycles. The van der Waals surface area contributed by atoms with Gasteiger partial charge in [-0.25, -0.2) is 0 Å². The normalized spacial score (nSPS) is 15.6. The van der Waals surface area contributed by atoms with Gasteiger partial charge in [-0.15, -0.1) is 0 Å². The van der Waals surface area contributed by atoms with Crippen molar-refractivity contribution in [1.82, 2.24) is 19.3 Å². The van der Waals surface area contributed by atoms with Crippen LogP contribution >= 0.6 is 0 Å². The number of nitrogens with zero attached hydrogens (tertiary/aromatic N) is 4. The zero-order valence-corrected chi connectivity index (χ0v) is 18.4. The van der Waals surface area contributed by atoms with Crippen molar-refractivity contribution in [3.8, 4) is 22.4 Å². The summed E-state index contributed by atoms with van der Waals surface area (Å²) in [7, 11) is 1.78. The molecule has 0 aliphatic heterocycles. The van der Waals surface area contributed by atoms with Gasteiger partial charge in [-0.05, 0) is 48.8 Å². The maximum atomic E-state index is 12.7. The lowest BCUT2D eigenvalue weighted by Crippen LogP contribution is -2.19. The smallest absolute Gasteiger partial charge is 0.258 e. The molecule has 0 bridgehead atoms. The number of hydrogen-bond donors (Lipinski definition) is 0. The van der Waals surface area contributed by atoms with E-state index in [-0.39, 0.29) is 5.56 Å². The maximum absolute atomic E-state index is 12.7. The first-order chi connectivity index (χ1) is 14.9. The summed E-state index contributed by atoms with van der Waals surface area (Å²) in [4.78, 5) is 17.5.